The zero-order chi connectivity index (χ0) is 16.9. The molecule has 1 amide bonds. The number of carbonyl (C=O) groups excluding carboxylic acids is 1. The fourth-order valence-electron chi connectivity index (χ4n) is 2.80. The summed E-state index contributed by atoms with van der Waals surface area (Å²) in [5.41, 5.74) is 2.65. The number of aryl methyl sites for hydroxylation is 2. The summed E-state index contributed by atoms with van der Waals surface area (Å²) in [6.07, 6.45) is 7.02. The summed E-state index contributed by atoms with van der Waals surface area (Å²) in [4.78, 5) is 16.5. The van der Waals surface area contributed by atoms with E-state index in [1.165, 1.54) is 19.3 Å². The van der Waals surface area contributed by atoms with E-state index in [0.29, 0.717) is 18.2 Å². The van der Waals surface area contributed by atoms with E-state index in [1.54, 1.807) is 6.20 Å². The van der Waals surface area contributed by atoms with E-state index >= 15 is 0 Å². The molecule has 0 spiro atoms. The Morgan fingerprint density at radius 3 is 2.75 bits per heavy atom. The van der Waals surface area contributed by atoms with Crippen LogP contribution in [-0.2, 0) is 6.42 Å². The summed E-state index contributed by atoms with van der Waals surface area (Å²) < 4.78 is 5.14. The van der Waals surface area contributed by atoms with Crippen molar-refractivity contribution < 1.29 is 9.32 Å². The van der Waals surface area contributed by atoms with Gasteiger partial charge < -0.3 is 15.2 Å². The van der Waals surface area contributed by atoms with Crippen molar-refractivity contribution in [1.29, 1.82) is 0 Å². The Bertz CT molecular complexity index is 670. The van der Waals surface area contributed by atoms with Crippen LogP contribution in [0, 0.1) is 13.8 Å². The van der Waals surface area contributed by atoms with Crippen LogP contribution in [-0.4, -0.2) is 28.6 Å². The second-order valence-corrected chi connectivity index (χ2v) is 6.37. The summed E-state index contributed by atoms with van der Waals surface area (Å²) in [6.45, 7) is 4.47. The molecule has 1 saturated carbocycles. The van der Waals surface area contributed by atoms with Crippen LogP contribution in [0.5, 0.6) is 0 Å². The van der Waals surface area contributed by atoms with Gasteiger partial charge in [0.15, 0.2) is 0 Å². The zero-order valence-corrected chi connectivity index (χ0v) is 14.3. The van der Waals surface area contributed by atoms with Crippen molar-refractivity contribution in [1.82, 2.24) is 15.5 Å². The summed E-state index contributed by atoms with van der Waals surface area (Å²) >= 11 is 0. The lowest BCUT2D eigenvalue weighted by Gasteiger charge is -2.26. The highest BCUT2D eigenvalue weighted by Crippen LogP contribution is 2.22. The smallest absolute Gasteiger partial charge is 0.252 e. The molecule has 2 aromatic rings. The maximum atomic E-state index is 12.1. The first-order chi connectivity index (χ1) is 11.6. The largest absolute Gasteiger partial charge is 0.367 e. The number of pyridine rings is 1. The number of hydrogen-bond acceptors (Lipinski definition) is 5. The first kappa shape index (κ1) is 16.5. The van der Waals surface area contributed by atoms with Crippen molar-refractivity contribution in [2.24, 2.45) is 0 Å². The van der Waals surface area contributed by atoms with Crippen molar-refractivity contribution in [3.8, 4) is 0 Å². The van der Waals surface area contributed by atoms with Gasteiger partial charge in [0, 0.05) is 24.3 Å². The quantitative estimate of drug-likeness (QED) is 0.764. The average Bonchev–Trinajstić information content (AvgIpc) is 2.87. The second-order valence-electron chi connectivity index (χ2n) is 6.37. The minimum Gasteiger partial charge on any atom is -0.367 e. The predicted octanol–water partition coefficient (Wildman–Crippen LogP) is 3.01. The van der Waals surface area contributed by atoms with Crippen LogP contribution in [0.2, 0.25) is 0 Å². The van der Waals surface area contributed by atoms with Gasteiger partial charge in [0.1, 0.15) is 11.6 Å². The summed E-state index contributed by atoms with van der Waals surface area (Å²) in [6, 6.07) is 4.23. The molecule has 1 fully saturated rings. The van der Waals surface area contributed by atoms with E-state index in [4.69, 9.17) is 4.52 Å². The summed E-state index contributed by atoms with van der Waals surface area (Å²) in [7, 11) is 0. The summed E-state index contributed by atoms with van der Waals surface area (Å²) in [5, 5.41) is 10.2. The first-order valence-corrected chi connectivity index (χ1v) is 8.56. The standard InChI is InChI=1S/C18H24N4O2/c1-12-16(13(2)24-22-12)7-4-10-19-18(23)14-8-9-17(20-11-14)21-15-5-3-6-15/h8-9,11,15H,3-7,10H2,1-2H3,(H,19,23)(H,20,21). The van der Waals surface area contributed by atoms with E-state index in [9.17, 15) is 4.79 Å². The molecule has 0 saturated heterocycles. The van der Waals surface area contributed by atoms with Crippen LogP contribution >= 0.6 is 0 Å². The van der Waals surface area contributed by atoms with E-state index in [-0.39, 0.29) is 5.91 Å². The lowest BCUT2D eigenvalue weighted by atomic mass is 9.93. The van der Waals surface area contributed by atoms with Crippen LogP contribution in [0.4, 0.5) is 5.82 Å². The monoisotopic (exact) mass is 328 g/mol. The van der Waals surface area contributed by atoms with Crippen molar-refractivity contribution in [3.05, 3.63) is 40.9 Å². The summed E-state index contributed by atoms with van der Waals surface area (Å²) in [5.74, 6) is 1.61. The minimum absolute atomic E-state index is 0.0866. The Balaban J connectivity index is 1.43. The Morgan fingerprint density at radius 1 is 1.33 bits per heavy atom. The maximum Gasteiger partial charge on any atom is 0.252 e. The molecule has 0 atom stereocenters. The van der Waals surface area contributed by atoms with Crippen molar-refractivity contribution in [3.63, 3.8) is 0 Å². The molecule has 1 aliphatic rings. The third-order valence-corrected chi connectivity index (χ3v) is 4.55. The van der Waals surface area contributed by atoms with Crippen LogP contribution in [0.1, 0.15) is 53.1 Å². The van der Waals surface area contributed by atoms with Gasteiger partial charge in [-0.2, -0.15) is 0 Å². The average molecular weight is 328 g/mol. The topological polar surface area (TPSA) is 80.0 Å². The molecule has 24 heavy (non-hydrogen) atoms. The number of aromatic nitrogens is 2. The van der Waals surface area contributed by atoms with E-state index in [2.05, 4.69) is 20.8 Å². The van der Waals surface area contributed by atoms with Gasteiger partial charge in [-0.3, -0.25) is 4.79 Å². The molecular weight excluding hydrogens is 304 g/mol. The second kappa shape index (κ2) is 7.47. The molecule has 6 heteroatoms. The molecule has 0 unspecified atom stereocenters. The van der Waals surface area contributed by atoms with E-state index in [0.717, 1.165) is 35.7 Å². The van der Waals surface area contributed by atoms with Crippen molar-refractivity contribution >= 4 is 11.7 Å². The predicted molar refractivity (Wildman–Crippen MR) is 92.1 cm³/mol. The fourth-order valence-corrected chi connectivity index (χ4v) is 2.80. The Morgan fingerprint density at radius 2 is 2.17 bits per heavy atom. The number of nitrogens with one attached hydrogen (secondary N) is 2. The zero-order valence-electron chi connectivity index (χ0n) is 14.3. The molecule has 3 rings (SSSR count). The highest BCUT2D eigenvalue weighted by atomic mass is 16.5. The van der Waals surface area contributed by atoms with Crippen LogP contribution in [0.3, 0.4) is 0 Å². The molecule has 2 N–H and O–H groups in total. The number of carbonyl (C=O) groups is 1. The molecule has 2 heterocycles. The normalized spacial score (nSPS) is 14.2. The number of nitrogens with zero attached hydrogens (tertiary/aromatic N) is 2. The van der Waals surface area contributed by atoms with Crippen molar-refractivity contribution in [2.75, 3.05) is 11.9 Å². The molecular formula is C18H24N4O2. The third kappa shape index (κ3) is 3.93. The van der Waals surface area contributed by atoms with E-state index < -0.39 is 0 Å². The van der Waals surface area contributed by atoms with Crippen LogP contribution in [0.25, 0.3) is 0 Å². The van der Waals surface area contributed by atoms with Gasteiger partial charge in [-0.05, 0) is 58.1 Å². The molecule has 6 nitrogen and oxygen atoms in total. The van der Waals surface area contributed by atoms with Crippen LogP contribution in [0.15, 0.2) is 22.9 Å². The van der Waals surface area contributed by atoms with Gasteiger partial charge in [0.2, 0.25) is 0 Å². The van der Waals surface area contributed by atoms with Gasteiger partial charge in [-0.15, -0.1) is 0 Å². The molecule has 0 radical (unpaired) electrons. The highest BCUT2D eigenvalue weighted by molar-refractivity contribution is 5.94. The van der Waals surface area contributed by atoms with Gasteiger partial charge >= 0.3 is 0 Å². The molecule has 0 bridgehead atoms. The maximum absolute atomic E-state index is 12.1. The first-order valence-electron chi connectivity index (χ1n) is 8.56. The van der Waals surface area contributed by atoms with Crippen molar-refractivity contribution in [2.45, 2.75) is 52.0 Å². The van der Waals surface area contributed by atoms with E-state index in [1.807, 2.05) is 26.0 Å². The number of amides is 1. The third-order valence-electron chi connectivity index (χ3n) is 4.55. The van der Waals surface area contributed by atoms with Gasteiger partial charge in [0.25, 0.3) is 5.91 Å². The molecule has 0 aromatic carbocycles. The fraction of sp³-hybridized carbons (Fsp3) is 0.500. The number of rotatable bonds is 7. The Hall–Kier alpha value is -2.37. The Labute approximate surface area is 142 Å². The Kier molecular flexibility index (Phi) is 5.13. The molecule has 2 aromatic heterocycles. The van der Waals surface area contributed by atoms with Crippen LogP contribution < -0.4 is 10.6 Å². The van der Waals surface area contributed by atoms with Gasteiger partial charge in [-0.25, -0.2) is 4.98 Å². The minimum atomic E-state index is -0.0866. The SMILES string of the molecule is Cc1noc(C)c1CCCNC(=O)c1ccc(NC2CCC2)nc1. The molecule has 1 aliphatic carbocycles. The number of anilines is 1. The highest BCUT2D eigenvalue weighted by Gasteiger charge is 2.17. The molecule has 0 aliphatic heterocycles. The molecule has 128 valence electrons. The van der Waals surface area contributed by atoms with Gasteiger partial charge in [0.05, 0.1) is 11.3 Å². The number of hydrogen-bond donors (Lipinski definition) is 2. The van der Waals surface area contributed by atoms with Gasteiger partial charge in [-0.1, -0.05) is 5.16 Å². The lowest BCUT2D eigenvalue weighted by Crippen LogP contribution is -2.28. The lowest BCUT2D eigenvalue weighted by molar-refractivity contribution is 0.0953.